The van der Waals surface area contributed by atoms with Gasteiger partial charge in [0.25, 0.3) is 5.91 Å². The Morgan fingerprint density at radius 1 is 1.29 bits per heavy atom. The summed E-state index contributed by atoms with van der Waals surface area (Å²) in [7, 11) is 0. The third-order valence-electron chi connectivity index (χ3n) is 5.06. The maximum Gasteiger partial charge on any atom is 0.332 e. The highest BCUT2D eigenvalue weighted by Gasteiger charge is 2.62. The number of benzene rings is 2. The zero-order valence-electron chi connectivity index (χ0n) is 15.7. The first-order valence-corrected chi connectivity index (χ1v) is 10.1. The van der Waals surface area contributed by atoms with Crippen molar-refractivity contribution in [1.29, 1.82) is 0 Å². The standard InChI is InChI=1S/C22H21NO4S/c1-3-27-19(24)12-17-20-22(26,16-11-14(2)9-10-18(16)28-20)21(25)23(17)13-15-7-5-4-6-8-15/h4-12,20,26H,3,13H2,1-2H3/b17-12+/t20-,22+/m0/s1. The summed E-state index contributed by atoms with van der Waals surface area (Å²) < 4.78 is 5.07. The Morgan fingerprint density at radius 3 is 2.75 bits per heavy atom. The number of hydrogen-bond acceptors (Lipinski definition) is 5. The molecule has 2 aliphatic rings. The van der Waals surface area contributed by atoms with Gasteiger partial charge in [-0.1, -0.05) is 48.0 Å². The van der Waals surface area contributed by atoms with Crippen LogP contribution in [0.15, 0.2) is 65.2 Å². The molecule has 2 atom stereocenters. The third-order valence-corrected chi connectivity index (χ3v) is 6.49. The second-order valence-electron chi connectivity index (χ2n) is 6.96. The molecule has 1 fully saturated rings. The van der Waals surface area contributed by atoms with Crippen LogP contribution in [0, 0.1) is 6.92 Å². The average molecular weight is 395 g/mol. The van der Waals surface area contributed by atoms with E-state index in [0.717, 1.165) is 16.0 Å². The van der Waals surface area contributed by atoms with Gasteiger partial charge in [0.2, 0.25) is 0 Å². The number of carbonyl (C=O) groups excluding carboxylic acids is 2. The molecule has 2 aromatic rings. The number of thioether (sulfide) groups is 1. The SMILES string of the molecule is CCOC(=O)/C=C1\[C@@H]2Sc3ccc(C)cc3[C@]2(O)C(=O)N1Cc1ccccc1. The van der Waals surface area contributed by atoms with Crippen LogP contribution in [-0.4, -0.2) is 33.7 Å². The molecule has 2 heterocycles. The van der Waals surface area contributed by atoms with Gasteiger partial charge in [-0.3, -0.25) is 4.79 Å². The Morgan fingerprint density at radius 2 is 2.04 bits per heavy atom. The van der Waals surface area contributed by atoms with E-state index in [4.69, 9.17) is 4.74 Å². The van der Waals surface area contributed by atoms with Gasteiger partial charge in [-0.2, -0.15) is 0 Å². The van der Waals surface area contributed by atoms with Gasteiger partial charge in [-0.15, -0.1) is 11.8 Å². The average Bonchev–Trinajstić information content (AvgIpc) is 3.07. The van der Waals surface area contributed by atoms with Gasteiger partial charge >= 0.3 is 5.97 Å². The number of rotatable bonds is 4. The molecular formula is C22H21NO4S. The van der Waals surface area contributed by atoms with Crippen LogP contribution in [0.2, 0.25) is 0 Å². The van der Waals surface area contributed by atoms with Crippen molar-refractivity contribution in [1.82, 2.24) is 4.90 Å². The summed E-state index contributed by atoms with van der Waals surface area (Å²) in [6.45, 7) is 4.19. The fraction of sp³-hybridized carbons (Fsp3) is 0.273. The largest absolute Gasteiger partial charge is 0.463 e. The second-order valence-corrected chi connectivity index (χ2v) is 8.11. The Hall–Kier alpha value is -2.57. The van der Waals surface area contributed by atoms with Crippen molar-refractivity contribution in [2.24, 2.45) is 0 Å². The van der Waals surface area contributed by atoms with Crippen LogP contribution in [0.3, 0.4) is 0 Å². The summed E-state index contributed by atoms with van der Waals surface area (Å²) >= 11 is 1.41. The summed E-state index contributed by atoms with van der Waals surface area (Å²) in [5.74, 6) is -0.922. The molecule has 28 heavy (non-hydrogen) atoms. The highest BCUT2D eigenvalue weighted by atomic mass is 32.2. The lowest BCUT2D eigenvalue weighted by atomic mass is 9.90. The van der Waals surface area contributed by atoms with Crippen LogP contribution in [0.5, 0.6) is 0 Å². The van der Waals surface area contributed by atoms with E-state index in [1.54, 1.807) is 6.92 Å². The number of carbonyl (C=O) groups is 2. The van der Waals surface area contributed by atoms with Gasteiger partial charge < -0.3 is 14.7 Å². The number of hydrogen-bond donors (Lipinski definition) is 1. The number of fused-ring (bicyclic) bond motifs is 3. The molecule has 0 saturated carbocycles. The minimum atomic E-state index is -1.68. The van der Waals surface area contributed by atoms with Crippen LogP contribution in [0.1, 0.15) is 23.6 Å². The maximum atomic E-state index is 13.4. The molecule has 2 aromatic carbocycles. The quantitative estimate of drug-likeness (QED) is 0.636. The topological polar surface area (TPSA) is 66.8 Å². The molecular weight excluding hydrogens is 374 g/mol. The molecule has 0 radical (unpaired) electrons. The van der Waals surface area contributed by atoms with E-state index in [-0.39, 0.29) is 13.2 Å². The summed E-state index contributed by atoms with van der Waals surface area (Å²) in [6.07, 6.45) is 1.35. The van der Waals surface area contributed by atoms with Gasteiger partial charge in [-0.05, 0) is 25.5 Å². The van der Waals surface area contributed by atoms with E-state index in [2.05, 4.69) is 0 Å². The molecule has 0 unspecified atom stereocenters. The molecule has 144 valence electrons. The Labute approximate surface area is 168 Å². The molecule has 1 amide bonds. The molecule has 0 spiro atoms. The van der Waals surface area contributed by atoms with Crippen molar-refractivity contribution in [3.05, 3.63) is 77.0 Å². The van der Waals surface area contributed by atoms with Gasteiger partial charge in [0.05, 0.1) is 18.4 Å². The zero-order chi connectivity index (χ0) is 19.9. The van der Waals surface area contributed by atoms with Gasteiger partial charge in [0.1, 0.15) is 0 Å². The Balaban J connectivity index is 1.80. The first kappa shape index (κ1) is 18.8. The molecule has 5 nitrogen and oxygen atoms in total. The first-order chi connectivity index (χ1) is 13.4. The van der Waals surface area contributed by atoms with Crippen molar-refractivity contribution in [2.45, 2.75) is 36.1 Å². The van der Waals surface area contributed by atoms with Gasteiger partial charge in [-0.25, -0.2) is 4.79 Å². The van der Waals surface area contributed by atoms with Crippen LogP contribution in [0.25, 0.3) is 0 Å². The number of nitrogens with zero attached hydrogens (tertiary/aromatic N) is 1. The number of aliphatic hydroxyl groups is 1. The molecule has 0 aliphatic carbocycles. The molecule has 1 saturated heterocycles. The van der Waals surface area contributed by atoms with Crippen molar-refractivity contribution in [3.63, 3.8) is 0 Å². The zero-order valence-corrected chi connectivity index (χ0v) is 16.5. The minimum absolute atomic E-state index is 0.247. The van der Waals surface area contributed by atoms with E-state index in [0.29, 0.717) is 11.3 Å². The number of ether oxygens (including phenoxy) is 1. The van der Waals surface area contributed by atoms with Crippen LogP contribution in [-0.2, 0) is 26.5 Å². The second kappa shape index (κ2) is 7.11. The fourth-order valence-corrected chi connectivity index (χ4v) is 5.21. The van der Waals surface area contributed by atoms with Crippen molar-refractivity contribution >= 4 is 23.6 Å². The highest BCUT2D eigenvalue weighted by molar-refractivity contribution is 8.00. The summed E-state index contributed by atoms with van der Waals surface area (Å²) in [5, 5.41) is 11.0. The van der Waals surface area contributed by atoms with E-state index >= 15 is 0 Å². The predicted octanol–water partition coefficient (Wildman–Crippen LogP) is 3.15. The van der Waals surface area contributed by atoms with E-state index in [9.17, 15) is 14.7 Å². The van der Waals surface area contributed by atoms with Crippen LogP contribution in [0.4, 0.5) is 0 Å². The molecule has 6 heteroatoms. The lowest BCUT2D eigenvalue weighted by Crippen LogP contribution is -2.39. The van der Waals surface area contributed by atoms with Gasteiger partial charge in [0.15, 0.2) is 5.60 Å². The normalized spacial score (nSPS) is 24.4. The molecule has 0 bridgehead atoms. The van der Waals surface area contributed by atoms with E-state index < -0.39 is 22.7 Å². The number of likely N-dealkylation sites (tertiary alicyclic amines) is 1. The minimum Gasteiger partial charge on any atom is -0.463 e. The Bertz CT molecular complexity index is 972. The molecule has 1 N–H and O–H groups in total. The summed E-state index contributed by atoms with van der Waals surface area (Å²) in [6, 6.07) is 15.3. The highest BCUT2D eigenvalue weighted by Crippen LogP contribution is 2.56. The first-order valence-electron chi connectivity index (χ1n) is 9.19. The lowest BCUT2D eigenvalue weighted by Gasteiger charge is -2.22. The van der Waals surface area contributed by atoms with Crippen molar-refractivity contribution < 1.29 is 19.4 Å². The van der Waals surface area contributed by atoms with Gasteiger partial charge in [0, 0.05) is 22.2 Å². The van der Waals surface area contributed by atoms with Crippen LogP contribution < -0.4 is 0 Å². The van der Waals surface area contributed by atoms with Crippen molar-refractivity contribution in [2.75, 3.05) is 6.61 Å². The smallest absolute Gasteiger partial charge is 0.332 e. The maximum absolute atomic E-state index is 13.4. The Kier molecular flexibility index (Phi) is 4.77. The lowest BCUT2D eigenvalue weighted by molar-refractivity contribution is -0.143. The van der Waals surface area contributed by atoms with Crippen LogP contribution >= 0.6 is 11.8 Å². The predicted molar refractivity (Wildman–Crippen MR) is 106 cm³/mol. The molecule has 0 aromatic heterocycles. The van der Waals surface area contributed by atoms with Crippen molar-refractivity contribution in [3.8, 4) is 0 Å². The number of amides is 1. The number of aryl methyl sites for hydroxylation is 1. The van der Waals surface area contributed by atoms with E-state index in [1.807, 2.05) is 55.5 Å². The third kappa shape index (κ3) is 2.93. The van der Waals surface area contributed by atoms with E-state index in [1.165, 1.54) is 22.7 Å². The molecule has 2 aliphatic heterocycles. The monoisotopic (exact) mass is 395 g/mol. The summed E-state index contributed by atoms with van der Waals surface area (Å²) in [5.41, 5.74) is 1.30. The summed E-state index contributed by atoms with van der Waals surface area (Å²) in [4.78, 5) is 28.0. The molecule has 4 rings (SSSR count). The fourth-order valence-electron chi connectivity index (χ4n) is 3.75. The number of esters is 1.